The van der Waals surface area contributed by atoms with Crippen molar-refractivity contribution in [1.82, 2.24) is 10.6 Å². The number of hydrogen-bond acceptors (Lipinski definition) is 4. The lowest BCUT2D eigenvalue weighted by Gasteiger charge is -2.19. The molecule has 0 saturated carbocycles. The molecule has 7 nitrogen and oxygen atoms in total. The fourth-order valence-electron chi connectivity index (χ4n) is 4.23. The van der Waals surface area contributed by atoms with Gasteiger partial charge in [-0.25, -0.2) is 9.59 Å². The third kappa shape index (κ3) is 5.09. The molecule has 1 aliphatic carbocycles. The first-order valence-corrected chi connectivity index (χ1v) is 11.1. The van der Waals surface area contributed by atoms with Gasteiger partial charge in [0.1, 0.15) is 18.7 Å². The van der Waals surface area contributed by atoms with E-state index in [4.69, 9.17) is 4.74 Å². The Hall–Kier alpha value is -4.13. The number of rotatable bonds is 8. The van der Waals surface area contributed by atoms with Gasteiger partial charge < -0.3 is 20.5 Å². The number of nitrogens with one attached hydrogen (secondary N) is 2. The summed E-state index contributed by atoms with van der Waals surface area (Å²) >= 11 is 0. The van der Waals surface area contributed by atoms with Gasteiger partial charge >= 0.3 is 12.1 Å². The van der Waals surface area contributed by atoms with Gasteiger partial charge in [-0.2, -0.15) is 0 Å². The number of amides is 2. The number of carboxylic acid groups (broad SMARTS) is 1. The largest absolute Gasteiger partial charge is 0.480 e. The van der Waals surface area contributed by atoms with Gasteiger partial charge in [-0.3, -0.25) is 4.79 Å². The molecule has 0 saturated heterocycles. The van der Waals surface area contributed by atoms with Crippen molar-refractivity contribution in [2.75, 3.05) is 6.61 Å². The van der Waals surface area contributed by atoms with E-state index in [1.807, 2.05) is 42.5 Å². The molecule has 34 heavy (non-hydrogen) atoms. The van der Waals surface area contributed by atoms with Crippen LogP contribution < -0.4 is 10.6 Å². The second-order valence-electron chi connectivity index (χ2n) is 8.28. The lowest BCUT2D eigenvalue weighted by Crippen LogP contribution is -2.51. The van der Waals surface area contributed by atoms with Gasteiger partial charge in [-0.05, 0) is 34.7 Å². The summed E-state index contributed by atoms with van der Waals surface area (Å²) in [4.78, 5) is 36.6. The molecular formula is C27H26N2O5. The zero-order valence-corrected chi connectivity index (χ0v) is 18.7. The van der Waals surface area contributed by atoms with E-state index in [0.29, 0.717) is 0 Å². The van der Waals surface area contributed by atoms with Crippen molar-refractivity contribution in [2.24, 2.45) is 0 Å². The lowest BCUT2D eigenvalue weighted by atomic mass is 9.98. The number of hydrogen-bond donors (Lipinski definition) is 3. The Labute approximate surface area is 197 Å². The molecule has 3 aromatic carbocycles. The molecule has 0 fully saturated rings. The quantitative estimate of drug-likeness (QED) is 0.477. The monoisotopic (exact) mass is 458 g/mol. The summed E-state index contributed by atoms with van der Waals surface area (Å²) in [6.45, 7) is 1.61. The Morgan fingerprint density at radius 3 is 2.00 bits per heavy atom. The minimum Gasteiger partial charge on any atom is -0.480 e. The highest BCUT2D eigenvalue weighted by molar-refractivity contribution is 5.89. The Kier molecular flexibility index (Phi) is 6.92. The summed E-state index contributed by atoms with van der Waals surface area (Å²) in [5.74, 6) is -1.84. The van der Waals surface area contributed by atoms with E-state index in [1.165, 1.54) is 6.92 Å². The average molecular weight is 459 g/mol. The van der Waals surface area contributed by atoms with Crippen molar-refractivity contribution in [2.45, 2.75) is 31.3 Å². The van der Waals surface area contributed by atoms with Gasteiger partial charge in [-0.1, -0.05) is 78.9 Å². The first-order chi connectivity index (χ1) is 16.4. The van der Waals surface area contributed by atoms with Crippen LogP contribution in [0, 0.1) is 0 Å². The molecule has 2 atom stereocenters. The minimum atomic E-state index is -1.15. The molecule has 0 aliphatic heterocycles. The van der Waals surface area contributed by atoms with E-state index in [-0.39, 0.29) is 18.9 Å². The van der Waals surface area contributed by atoms with Crippen LogP contribution in [0.25, 0.3) is 11.1 Å². The second kappa shape index (κ2) is 10.2. The fourth-order valence-corrected chi connectivity index (χ4v) is 4.23. The van der Waals surface area contributed by atoms with Crippen molar-refractivity contribution in [1.29, 1.82) is 0 Å². The van der Waals surface area contributed by atoms with Crippen LogP contribution in [-0.4, -0.2) is 41.8 Å². The molecule has 0 radical (unpaired) electrons. The summed E-state index contributed by atoms with van der Waals surface area (Å²) in [6, 6.07) is 23.0. The molecule has 4 rings (SSSR count). The van der Waals surface area contributed by atoms with Crippen molar-refractivity contribution in [3.8, 4) is 11.1 Å². The summed E-state index contributed by atoms with van der Waals surface area (Å²) in [6.07, 6.45) is -0.598. The topological polar surface area (TPSA) is 105 Å². The van der Waals surface area contributed by atoms with Crippen LogP contribution in [0.15, 0.2) is 78.9 Å². The van der Waals surface area contributed by atoms with E-state index in [2.05, 4.69) is 22.8 Å². The van der Waals surface area contributed by atoms with Crippen LogP contribution in [0.5, 0.6) is 0 Å². The molecule has 3 aromatic rings. The number of carboxylic acids is 1. The maximum atomic E-state index is 12.5. The predicted octanol–water partition coefficient (Wildman–Crippen LogP) is 3.73. The van der Waals surface area contributed by atoms with Gasteiger partial charge in [0.25, 0.3) is 0 Å². The number of benzene rings is 3. The summed E-state index contributed by atoms with van der Waals surface area (Å²) in [7, 11) is 0. The van der Waals surface area contributed by atoms with Gasteiger partial charge in [0.2, 0.25) is 5.91 Å². The molecule has 0 bridgehead atoms. The first-order valence-electron chi connectivity index (χ1n) is 11.1. The van der Waals surface area contributed by atoms with E-state index in [1.54, 1.807) is 24.3 Å². The highest BCUT2D eigenvalue weighted by Crippen LogP contribution is 2.44. The Balaban J connectivity index is 1.33. The smallest absolute Gasteiger partial charge is 0.407 e. The number of ether oxygens (including phenoxy) is 1. The molecule has 1 aliphatic rings. The molecule has 3 N–H and O–H groups in total. The molecule has 0 heterocycles. The van der Waals surface area contributed by atoms with Crippen molar-refractivity contribution in [3.63, 3.8) is 0 Å². The molecule has 0 aromatic heterocycles. The second-order valence-corrected chi connectivity index (χ2v) is 8.28. The van der Waals surface area contributed by atoms with Gasteiger partial charge in [-0.15, -0.1) is 0 Å². The van der Waals surface area contributed by atoms with E-state index in [0.717, 1.165) is 27.8 Å². The molecule has 7 heteroatoms. The third-order valence-corrected chi connectivity index (χ3v) is 5.97. The van der Waals surface area contributed by atoms with Crippen LogP contribution in [0.4, 0.5) is 4.79 Å². The van der Waals surface area contributed by atoms with E-state index >= 15 is 0 Å². The standard InChI is InChI=1S/C27H26N2O5/c1-17(25(30)29-24(26(31)32)15-18-9-3-2-4-10-18)28-27(33)34-16-23-21-13-7-5-11-19(21)20-12-6-8-14-22(20)23/h2-14,17,23-24H,15-16H2,1H3,(H,28,33)(H,29,30)(H,31,32). The van der Waals surface area contributed by atoms with Gasteiger partial charge in [0, 0.05) is 12.3 Å². The number of carbonyl (C=O) groups is 3. The zero-order valence-electron chi connectivity index (χ0n) is 18.7. The fraction of sp³-hybridized carbons (Fsp3) is 0.222. The van der Waals surface area contributed by atoms with Gasteiger partial charge in [0.05, 0.1) is 0 Å². The first kappa shape index (κ1) is 23.0. The summed E-state index contributed by atoms with van der Waals surface area (Å²) in [5.41, 5.74) is 5.21. The highest BCUT2D eigenvalue weighted by atomic mass is 16.5. The average Bonchev–Trinajstić information content (AvgIpc) is 3.16. The van der Waals surface area contributed by atoms with Gasteiger partial charge in [0.15, 0.2) is 0 Å². The number of fused-ring (bicyclic) bond motifs is 3. The predicted molar refractivity (Wildman–Crippen MR) is 127 cm³/mol. The number of aliphatic carboxylic acids is 1. The van der Waals surface area contributed by atoms with Crippen LogP contribution in [0.2, 0.25) is 0 Å². The van der Waals surface area contributed by atoms with Crippen LogP contribution in [0.1, 0.15) is 29.5 Å². The van der Waals surface area contributed by atoms with Crippen molar-refractivity contribution >= 4 is 18.0 Å². The maximum absolute atomic E-state index is 12.5. The number of carbonyl (C=O) groups excluding carboxylic acids is 2. The lowest BCUT2D eigenvalue weighted by molar-refractivity contribution is -0.142. The van der Waals surface area contributed by atoms with Crippen molar-refractivity contribution in [3.05, 3.63) is 95.6 Å². The Morgan fingerprint density at radius 2 is 1.41 bits per heavy atom. The van der Waals surface area contributed by atoms with Crippen LogP contribution in [0.3, 0.4) is 0 Å². The zero-order chi connectivity index (χ0) is 24.1. The van der Waals surface area contributed by atoms with Crippen LogP contribution >= 0.6 is 0 Å². The summed E-state index contributed by atoms with van der Waals surface area (Å²) < 4.78 is 5.46. The van der Waals surface area contributed by atoms with Crippen molar-refractivity contribution < 1.29 is 24.2 Å². The minimum absolute atomic E-state index is 0.0930. The normalized spacial score (nSPS) is 13.8. The molecule has 2 unspecified atom stereocenters. The molecular weight excluding hydrogens is 432 g/mol. The Morgan fingerprint density at radius 1 is 0.853 bits per heavy atom. The van der Waals surface area contributed by atoms with E-state index < -0.39 is 30.1 Å². The highest BCUT2D eigenvalue weighted by Gasteiger charge is 2.30. The SMILES string of the molecule is CC(NC(=O)OCC1c2ccccc2-c2ccccc21)C(=O)NC(Cc1ccccc1)C(=O)O. The van der Waals surface area contributed by atoms with E-state index in [9.17, 15) is 19.5 Å². The third-order valence-electron chi connectivity index (χ3n) is 5.97. The maximum Gasteiger partial charge on any atom is 0.407 e. The number of alkyl carbamates (subject to hydrolysis) is 1. The van der Waals surface area contributed by atoms with Crippen LogP contribution in [-0.2, 0) is 20.7 Å². The molecule has 174 valence electrons. The molecule has 2 amide bonds. The molecule has 0 spiro atoms. The Bertz CT molecular complexity index is 1150. The summed E-state index contributed by atoms with van der Waals surface area (Å²) in [5, 5.41) is 14.5.